The van der Waals surface area contributed by atoms with Crippen molar-refractivity contribution < 1.29 is 4.39 Å². The average molecular weight is 344 g/mol. The number of hydrogen-bond donors (Lipinski definition) is 0. The molecule has 4 aromatic carbocycles. The number of halogens is 1. The van der Waals surface area contributed by atoms with Gasteiger partial charge in [0.05, 0.1) is 0 Å². The smallest absolute Gasteiger partial charge is 0.123 e. The Hall–Kier alpha value is -2.58. The lowest BCUT2D eigenvalue weighted by Crippen LogP contribution is -1.87. The highest BCUT2D eigenvalue weighted by molar-refractivity contribution is 7.98. The van der Waals surface area contributed by atoms with Crippen LogP contribution in [0, 0.1) is 5.82 Å². The van der Waals surface area contributed by atoms with Gasteiger partial charge in [0.1, 0.15) is 5.82 Å². The summed E-state index contributed by atoms with van der Waals surface area (Å²) in [6.07, 6.45) is 2.08. The number of benzene rings is 4. The molecule has 0 N–H and O–H groups in total. The Balaban J connectivity index is 1.97. The quantitative estimate of drug-likeness (QED) is 0.359. The summed E-state index contributed by atoms with van der Waals surface area (Å²) in [7, 11) is 0. The van der Waals surface area contributed by atoms with E-state index >= 15 is 0 Å². The zero-order valence-electron chi connectivity index (χ0n) is 13.9. The van der Waals surface area contributed by atoms with Gasteiger partial charge in [-0.25, -0.2) is 4.39 Å². The molecular weight excluding hydrogens is 327 g/mol. The van der Waals surface area contributed by atoms with Crippen LogP contribution in [0.5, 0.6) is 0 Å². The molecule has 0 atom stereocenters. The number of thioether (sulfide) groups is 1. The maximum absolute atomic E-state index is 13.3. The fourth-order valence-electron chi connectivity index (χ4n) is 3.22. The Morgan fingerprint density at radius 2 is 1.16 bits per heavy atom. The molecule has 122 valence electrons. The molecule has 0 heterocycles. The summed E-state index contributed by atoms with van der Waals surface area (Å²) in [5.41, 5.74) is 4.55. The molecule has 4 rings (SSSR count). The van der Waals surface area contributed by atoms with Crippen molar-refractivity contribution in [2.45, 2.75) is 4.90 Å². The topological polar surface area (TPSA) is 0 Å². The zero-order chi connectivity index (χ0) is 17.2. The first kappa shape index (κ1) is 15.9. The van der Waals surface area contributed by atoms with Gasteiger partial charge in [-0.3, -0.25) is 0 Å². The summed E-state index contributed by atoms with van der Waals surface area (Å²) >= 11 is 1.74. The Bertz CT molecular complexity index is 1010. The van der Waals surface area contributed by atoms with Gasteiger partial charge in [-0.05, 0) is 63.5 Å². The number of fused-ring (bicyclic) bond motifs is 1. The lowest BCUT2D eigenvalue weighted by atomic mass is 9.91. The van der Waals surface area contributed by atoms with Crippen molar-refractivity contribution in [1.82, 2.24) is 0 Å². The van der Waals surface area contributed by atoms with Crippen molar-refractivity contribution in [3.63, 3.8) is 0 Å². The molecule has 4 aromatic rings. The lowest BCUT2D eigenvalue weighted by Gasteiger charge is -2.13. The summed E-state index contributed by atoms with van der Waals surface area (Å²) < 4.78 is 13.3. The van der Waals surface area contributed by atoms with Gasteiger partial charge < -0.3 is 0 Å². The second kappa shape index (κ2) is 6.73. The highest BCUT2D eigenvalue weighted by atomic mass is 32.2. The lowest BCUT2D eigenvalue weighted by molar-refractivity contribution is 0.628. The highest BCUT2D eigenvalue weighted by Gasteiger charge is 2.10. The van der Waals surface area contributed by atoms with Gasteiger partial charge in [0.25, 0.3) is 0 Å². The van der Waals surface area contributed by atoms with Gasteiger partial charge in [-0.2, -0.15) is 0 Å². The molecular formula is C23H17FS. The van der Waals surface area contributed by atoms with E-state index in [0.717, 1.165) is 11.1 Å². The van der Waals surface area contributed by atoms with Crippen molar-refractivity contribution in [2.75, 3.05) is 6.26 Å². The van der Waals surface area contributed by atoms with Crippen molar-refractivity contribution >= 4 is 22.5 Å². The third-order valence-electron chi connectivity index (χ3n) is 4.46. The first-order valence-corrected chi connectivity index (χ1v) is 9.41. The van der Waals surface area contributed by atoms with Gasteiger partial charge in [0, 0.05) is 4.90 Å². The number of hydrogen-bond acceptors (Lipinski definition) is 1. The molecule has 0 aromatic heterocycles. The molecule has 0 saturated carbocycles. The minimum atomic E-state index is -0.211. The van der Waals surface area contributed by atoms with Gasteiger partial charge in [0.2, 0.25) is 0 Å². The first-order chi connectivity index (χ1) is 12.3. The molecule has 0 aliphatic carbocycles. The summed E-state index contributed by atoms with van der Waals surface area (Å²) in [5.74, 6) is -0.211. The summed E-state index contributed by atoms with van der Waals surface area (Å²) in [6.45, 7) is 0. The minimum absolute atomic E-state index is 0.211. The first-order valence-electron chi connectivity index (χ1n) is 8.18. The van der Waals surface area contributed by atoms with Crippen molar-refractivity contribution in [1.29, 1.82) is 0 Å². The van der Waals surface area contributed by atoms with E-state index in [0.29, 0.717) is 0 Å². The normalized spacial score (nSPS) is 11.0. The molecule has 0 unspecified atom stereocenters. The van der Waals surface area contributed by atoms with Crippen LogP contribution >= 0.6 is 11.8 Å². The Kier molecular flexibility index (Phi) is 4.29. The minimum Gasteiger partial charge on any atom is -0.207 e. The highest BCUT2D eigenvalue weighted by Crippen LogP contribution is 2.36. The molecule has 0 amide bonds. The predicted molar refractivity (Wildman–Crippen MR) is 107 cm³/mol. The third-order valence-corrected chi connectivity index (χ3v) is 5.20. The van der Waals surface area contributed by atoms with E-state index in [1.54, 1.807) is 11.8 Å². The predicted octanol–water partition coefficient (Wildman–Crippen LogP) is 7.03. The van der Waals surface area contributed by atoms with Crippen molar-refractivity contribution in [3.8, 4) is 22.3 Å². The molecule has 0 radical (unpaired) electrons. The Morgan fingerprint density at radius 1 is 0.640 bits per heavy atom. The van der Waals surface area contributed by atoms with Gasteiger partial charge in [-0.15, -0.1) is 11.8 Å². The van der Waals surface area contributed by atoms with Crippen molar-refractivity contribution in [3.05, 3.63) is 90.7 Å². The standard InChI is InChI=1S/C23H17FS/c1-25-20-14-10-17(11-15-20)22-7-3-5-18-4-2-6-21(23(18)22)16-8-12-19(24)13-9-16/h2-15H,1H3. The average Bonchev–Trinajstić information content (AvgIpc) is 2.68. The zero-order valence-corrected chi connectivity index (χ0v) is 14.7. The fraction of sp³-hybridized carbons (Fsp3) is 0.0435. The van der Waals surface area contributed by atoms with Crippen LogP contribution < -0.4 is 0 Å². The van der Waals surface area contributed by atoms with Crippen LogP contribution in [0.15, 0.2) is 89.8 Å². The molecule has 0 aliphatic heterocycles. The van der Waals surface area contributed by atoms with E-state index < -0.39 is 0 Å². The molecule has 0 fully saturated rings. The largest absolute Gasteiger partial charge is 0.207 e. The molecule has 0 nitrogen and oxygen atoms in total. The third kappa shape index (κ3) is 3.06. The Morgan fingerprint density at radius 3 is 1.68 bits per heavy atom. The van der Waals surface area contributed by atoms with E-state index in [9.17, 15) is 4.39 Å². The maximum atomic E-state index is 13.3. The van der Waals surface area contributed by atoms with Crippen molar-refractivity contribution in [2.24, 2.45) is 0 Å². The maximum Gasteiger partial charge on any atom is 0.123 e. The monoisotopic (exact) mass is 344 g/mol. The molecule has 0 saturated heterocycles. The summed E-state index contributed by atoms with van der Waals surface area (Å²) in [6, 6.07) is 28.0. The van der Waals surface area contributed by atoms with Crippen LogP contribution in [0.3, 0.4) is 0 Å². The van der Waals surface area contributed by atoms with E-state index in [-0.39, 0.29) is 5.82 Å². The summed E-state index contributed by atoms with van der Waals surface area (Å²) in [5, 5.41) is 2.39. The van der Waals surface area contributed by atoms with E-state index in [2.05, 4.69) is 66.9 Å². The van der Waals surface area contributed by atoms with Crippen LogP contribution in [-0.2, 0) is 0 Å². The van der Waals surface area contributed by atoms with E-state index in [1.807, 2.05) is 12.1 Å². The fourth-order valence-corrected chi connectivity index (χ4v) is 3.63. The van der Waals surface area contributed by atoms with E-state index in [1.165, 1.54) is 38.9 Å². The second-order valence-corrected chi connectivity index (χ2v) is 6.82. The van der Waals surface area contributed by atoms with Crippen LogP contribution in [0.1, 0.15) is 0 Å². The van der Waals surface area contributed by atoms with Crippen LogP contribution in [0.4, 0.5) is 4.39 Å². The van der Waals surface area contributed by atoms with Gasteiger partial charge in [0.15, 0.2) is 0 Å². The Labute approximate surface area is 151 Å². The summed E-state index contributed by atoms with van der Waals surface area (Å²) in [4.78, 5) is 1.25. The van der Waals surface area contributed by atoms with Gasteiger partial charge in [-0.1, -0.05) is 60.7 Å². The van der Waals surface area contributed by atoms with Crippen LogP contribution in [0.2, 0.25) is 0 Å². The number of rotatable bonds is 3. The second-order valence-electron chi connectivity index (χ2n) is 5.94. The van der Waals surface area contributed by atoms with Crippen LogP contribution in [-0.4, -0.2) is 6.26 Å². The molecule has 0 spiro atoms. The SMILES string of the molecule is CSc1ccc(-c2cccc3cccc(-c4ccc(F)cc4)c23)cc1. The molecule has 0 bridgehead atoms. The molecule has 25 heavy (non-hydrogen) atoms. The van der Waals surface area contributed by atoms with Crippen LogP contribution in [0.25, 0.3) is 33.0 Å². The van der Waals surface area contributed by atoms with E-state index in [4.69, 9.17) is 0 Å². The van der Waals surface area contributed by atoms with Gasteiger partial charge >= 0.3 is 0 Å². The molecule has 0 aliphatic rings. The molecule has 2 heteroatoms.